The highest BCUT2D eigenvalue weighted by molar-refractivity contribution is 5.96. The lowest BCUT2D eigenvalue weighted by Gasteiger charge is -2.15. The molecule has 2 rings (SSSR count). The molecule has 0 spiro atoms. The average molecular weight is 312 g/mol. The Morgan fingerprint density at radius 3 is 2.30 bits per heavy atom. The molecule has 122 valence electrons. The molecule has 1 atom stereocenters. The molecule has 1 unspecified atom stereocenters. The minimum atomic E-state index is -0.241. The van der Waals surface area contributed by atoms with E-state index >= 15 is 0 Å². The fraction of sp³-hybridized carbons (Fsp3) is 0.316. The number of hydrogen-bond donors (Lipinski definition) is 2. The standard InChI is InChI=1S/C19H24N2O2/c1-13(2)14-8-10-15(11-9-14)17(20)12-21-19(22)16-6-4-5-7-18(16)23-3/h4-11,13,17H,12,20H2,1-3H3,(H,21,22). The van der Waals surface area contributed by atoms with Gasteiger partial charge in [-0.2, -0.15) is 0 Å². The van der Waals surface area contributed by atoms with Crippen LogP contribution in [0, 0.1) is 0 Å². The van der Waals surface area contributed by atoms with Crippen LogP contribution in [-0.4, -0.2) is 19.6 Å². The zero-order chi connectivity index (χ0) is 16.8. The molecule has 0 fully saturated rings. The number of ether oxygens (including phenoxy) is 1. The number of carbonyl (C=O) groups is 1. The Bertz CT molecular complexity index is 651. The number of carbonyl (C=O) groups excluding carboxylic acids is 1. The summed E-state index contributed by atoms with van der Waals surface area (Å²) in [5.41, 5.74) is 8.97. The van der Waals surface area contributed by atoms with Crippen LogP contribution in [0.15, 0.2) is 48.5 Å². The second kappa shape index (κ2) is 7.79. The lowest BCUT2D eigenvalue weighted by atomic mass is 9.99. The molecule has 0 saturated carbocycles. The Morgan fingerprint density at radius 2 is 1.70 bits per heavy atom. The maximum atomic E-state index is 12.3. The monoisotopic (exact) mass is 312 g/mol. The molecule has 1 amide bonds. The number of nitrogens with two attached hydrogens (primary N) is 1. The average Bonchev–Trinajstić information content (AvgIpc) is 2.59. The molecule has 0 aliphatic rings. The van der Waals surface area contributed by atoms with Crippen molar-refractivity contribution in [3.63, 3.8) is 0 Å². The van der Waals surface area contributed by atoms with Crippen molar-refractivity contribution in [3.05, 3.63) is 65.2 Å². The Labute approximate surface area is 137 Å². The molecule has 23 heavy (non-hydrogen) atoms. The van der Waals surface area contributed by atoms with E-state index in [9.17, 15) is 4.79 Å². The first-order valence-electron chi connectivity index (χ1n) is 7.79. The van der Waals surface area contributed by atoms with Crippen molar-refractivity contribution >= 4 is 5.91 Å². The minimum absolute atomic E-state index is 0.184. The summed E-state index contributed by atoms with van der Waals surface area (Å²) in [5.74, 6) is 0.863. The molecule has 0 heterocycles. The normalized spacial score (nSPS) is 12.0. The van der Waals surface area contributed by atoms with Gasteiger partial charge < -0.3 is 15.8 Å². The summed E-state index contributed by atoms with van der Waals surface area (Å²) in [6.45, 7) is 4.68. The van der Waals surface area contributed by atoms with Gasteiger partial charge in [0.2, 0.25) is 0 Å². The highest BCUT2D eigenvalue weighted by Crippen LogP contribution is 2.19. The molecule has 2 aromatic carbocycles. The largest absolute Gasteiger partial charge is 0.496 e. The molecular formula is C19H24N2O2. The zero-order valence-electron chi connectivity index (χ0n) is 13.9. The van der Waals surface area contributed by atoms with Gasteiger partial charge in [-0.05, 0) is 29.2 Å². The van der Waals surface area contributed by atoms with E-state index in [1.807, 2.05) is 24.3 Å². The summed E-state index contributed by atoms with van der Waals surface area (Å²) in [4.78, 5) is 12.3. The van der Waals surface area contributed by atoms with Gasteiger partial charge in [0.15, 0.2) is 0 Å². The van der Waals surface area contributed by atoms with E-state index in [1.54, 1.807) is 19.2 Å². The van der Waals surface area contributed by atoms with E-state index < -0.39 is 0 Å². The van der Waals surface area contributed by atoms with Crippen LogP contribution in [0.3, 0.4) is 0 Å². The van der Waals surface area contributed by atoms with Crippen LogP contribution in [0.1, 0.15) is 47.3 Å². The van der Waals surface area contributed by atoms with Crippen molar-refractivity contribution in [1.82, 2.24) is 5.32 Å². The van der Waals surface area contributed by atoms with Gasteiger partial charge in [-0.15, -0.1) is 0 Å². The second-order valence-electron chi connectivity index (χ2n) is 5.84. The predicted octanol–water partition coefficient (Wildman–Crippen LogP) is 3.25. The summed E-state index contributed by atoms with van der Waals surface area (Å²) >= 11 is 0. The number of amides is 1. The van der Waals surface area contributed by atoms with Gasteiger partial charge in [-0.25, -0.2) is 0 Å². The van der Waals surface area contributed by atoms with Crippen molar-refractivity contribution in [2.24, 2.45) is 5.73 Å². The molecule has 0 aromatic heterocycles. The molecule has 3 N–H and O–H groups in total. The van der Waals surface area contributed by atoms with E-state index in [1.165, 1.54) is 5.56 Å². The van der Waals surface area contributed by atoms with Crippen molar-refractivity contribution in [2.45, 2.75) is 25.8 Å². The van der Waals surface area contributed by atoms with E-state index in [0.717, 1.165) is 5.56 Å². The van der Waals surface area contributed by atoms with Crippen molar-refractivity contribution in [1.29, 1.82) is 0 Å². The second-order valence-corrected chi connectivity index (χ2v) is 5.84. The van der Waals surface area contributed by atoms with Crippen LogP contribution < -0.4 is 15.8 Å². The number of rotatable bonds is 6. The van der Waals surface area contributed by atoms with Gasteiger partial charge in [-0.1, -0.05) is 50.2 Å². The Balaban J connectivity index is 1.98. The maximum absolute atomic E-state index is 12.3. The third-order valence-electron chi connectivity index (χ3n) is 3.87. The van der Waals surface area contributed by atoms with Crippen molar-refractivity contribution in [2.75, 3.05) is 13.7 Å². The highest BCUT2D eigenvalue weighted by atomic mass is 16.5. The fourth-order valence-electron chi connectivity index (χ4n) is 2.38. The summed E-state index contributed by atoms with van der Waals surface area (Å²) in [7, 11) is 1.55. The Morgan fingerprint density at radius 1 is 1.09 bits per heavy atom. The first-order valence-corrected chi connectivity index (χ1v) is 7.79. The van der Waals surface area contributed by atoms with Gasteiger partial charge in [0.05, 0.1) is 12.7 Å². The molecular weight excluding hydrogens is 288 g/mol. The van der Waals surface area contributed by atoms with E-state index in [2.05, 4.69) is 31.3 Å². The maximum Gasteiger partial charge on any atom is 0.255 e. The molecule has 0 aliphatic heterocycles. The van der Waals surface area contributed by atoms with Crippen LogP contribution >= 0.6 is 0 Å². The zero-order valence-corrected chi connectivity index (χ0v) is 13.9. The molecule has 0 saturated heterocycles. The third kappa shape index (κ3) is 4.33. The van der Waals surface area contributed by atoms with Gasteiger partial charge in [-0.3, -0.25) is 4.79 Å². The molecule has 0 radical (unpaired) electrons. The fourth-order valence-corrected chi connectivity index (χ4v) is 2.38. The number of para-hydroxylation sites is 1. The van der Waals surface area contributed by atoms with Gasteiger partial charge >= 0.3 is 0 Å². The first kappa shape index (κ1) is 17.0. The number of hydrogen-bond acceptors (Lipinski definition) is 3. The van der Waals surface area contributed by atoms with Crippen LogP contribution in [0.25, 0.3) is 0 Å². The Kier molecular flexibility index (Phi) is 5.77. The highest BCUT2D eigenvalue weighted by Gasteiger charge is 2.13. The van der Waals surface area contributed by atoms with Gasteiger partial charge in [0.25, 0.3) is 5.91 Å². The van der Waals surface area contributed by atoms with Crippen LogP contribution in [0.4, 0.5) is 0 Å². The first-order chi connectivity index (χ1) is 11.0. The summed E-state index contributed by atoms with van der Waals surface area (Å²) in [6, 6.07) is 15.1. The quantitative estimate of drug-likeness (QED) is 0.860. The van der Waals surface area contributed by atoms with Crippen LogP contribution in [0.5, 0.6) is 5.75 Å². The number of nitrogens with one attached hydrogen (secondary N) is 1. The topological polar surface area (TPSA) is 64.3 Å². The van der Waals surface area contributed by atoms with E-state index in [-0.39, 0.29) is 11.9 Å². The number of methoxy groups -OCH3 is 1. The van der Waals surface area contributed by atoms with Gasteiger partial charge in [0.1, 0.15) is 5.75 Å². The molecule has 0 bridgehead atoms. The summed E-state index contributed by atoms with van der Waals surface area (Å²) < 4.78 is 5.20. The van der Waals surface area contributed by atoms with Crippen molar-refractivity contribution in [3.8, 4) is 5.75 Å². The molecule has 4 heteroatoms. The molecule has 2 aromatic rings. The van der Waals surface area contributed by atoms with E-state index in [4.69, 9.17) is 10.5 Å². The van der Waals surface area contributed by atoms with E-state index in [0.29, 0.717) is 23.8 Å². The molecule has 4 nitrogen and oxygen atoms in total. The molecule has 0 aliphatic carbocycles. The lowest BCUT2D eigenvalue weighted by molar-refractivity contribution is 0.0948. The van der Waals surface area contributed by atoms with Crippen LogP contribution in [-0.2, 0) is 0 Å². The van der Waals surface area contributed by atoms with Crippen LogP contribution in [0.2, 0.25) is 0 Å². The number of benzene rings is 2. The lowest BCUT2D eigenvalue weighted by Crippen LogP contribution is -2.32. The van der Waals surface area contributed by atoms with Crippen molar-refractivity contribution < 1.29 is 9.53 Å². The summed E-state index contributed by atoms with van der Waals surface area (Å²) in [6.07, 6.45) is 0. The smallest absolute Gasteiger partial charge is 0.255 e. The minimum Gasteiger partial charge on any atom is -0.496 e. The third-order valence-corrected chi connectivity index (χ3v) is 3.87. The SMILES string of the molecule is COc1ccccc1C(=O)NCC(N)c1ccc(C(C)C)cc1. The van der Waals surface area contributed by atoms with Gasteiger partial charge in [0, 0.05) is 12.6 Å². The Hall–Kier alpha value is -2.33. The predicted molar refractivity (Wildman–Crippen MR) is 92.8 cm³/mol. The summed E-state index contributed by atoms with van der Waals surface area (Å²) in [5, 5.41) is 2.87.